The van der Waals surface area contributed by atoms with Crippen LogP contribution in [0.5, 0.6) is 0 Å². The van der Waals surface area contributed by atoms with Crippen LogP contribution in [0.4, 0.5) is 9.18 Å². The topological polar surface area (TPSA) is 180 Å². The van der Waals surface area contributed by atoms with Gasteiger partial charge >= 0.3 is 18.0 Å². The summed E-state index contributed by atoms with van der Waals surface area (Å²) < 4.78 is 12.4. The number of rotatable bonds is 12. The van der Waals surface area contributed by atoms with Gasteiger partial charge in [-0.3, -0.25) is 28.7 Å². The van der Waals surface area contributed by atoms with Crippen molar-refractivity contribution in [2.75, 3.05) is 13.2 Å². The quantitative estimate of drug-likeness (QED) is 0.151. The van der Waals surface area contributed by atoms with Gasteiger partial charge < -0.3 is 20.7 Å². The van der Waals surface area contributed by atoms with Gasteiger partial charge in [-0.1, -0.05) is 30.3 Å². The van der Waals surface area contributed by atoms with E-state index < -0.39 is 73.2 Å². The van der Waals surface area contributed by atoms with Gasteiger partial charge in [0.1, 0.15) is 17.4 Å². The van der Waals surface area contributed by atoms with Gasteiger partial charge in [0, 0.05) is 18.3 Å². The fraction of sp³-hybridized carbons (Fsp3) is 0.348. The maximum Gasteiger partial charge on any atom is 0.335 e. The van der Waals surface area contributed by atoms with Gasteiger partial charge in [-0.2, -0.15) is 0 Å². The zero-order valence-electron chi connectivity index (χ0n) is 19.6. The van der Waals surface area contributed by atoms with E-state index in [1.54, 1.807) is 30.3 Å². The molecule has 13 nitrogen and oxygen atoms in total. The van der Waals surface area contributed by atoms with Gasteiger partial charge in [-0.05, 0) is 24.8 Å². The van der Waals surface area contributed by atoms with E-state index in [9.17, 15) is 38.6 Å². The Labute approximate surface area is 210 Å². The van der Waals surface area contributed by atoms with Crippen LogP contribution < -0.4 is 11.0 Å². The molecule has 0 unspecified atom stereocenters. The molecule has 4 amide bonds. The minimum Gasteiger partial charge on any atom is -0.509 e. The molecule has 5 N–H and O–H groups in total. The first-order chi connectivity index (χ1) is 17.6. The van der Waals surface area contributed by atoms with Gasteiger partial charge in [-0.25, -0.2) is 14.5 Å². The summed E-state index contributed by atoms with van der Waals surface area (Å²) in [6.45, 7) is -1.31. The lowest BCUT2D eigenvalue weighted by Crippen LogP contribution is -2.61. The van der Waals surface area contributed by atoms with E-state index in [2.05, 4.69) is 11.0 Å². The molecule has 198 valence electrons. The minimum atomic E-state index is -1.90. The van der Waals surface area contributed by atoms with Gasteiger partial charge in [0.05, 0.1) is 19.8 Å². The number of allylic oxidation sites excluding steroid dienone is 1. The van der Waals surface area contributed by atoms with Crippen molar-refractivity contribution in [3.05, 3.63) is 59.1 Å². The number of carbonyl (C=O) groups excluding carboxylic acids is 3. The van der Waals surface area contributed by atoms with Gasteiger partial charge in [-0.15, -0.1) is 5.53 Å². The lowest BCUT2D eigenvalue weighted by Gasteiger charge is -2.37. The van der Waals surface area contributed by atoms with Crippen molar-refractivity contribution >= 4 is 29.8 Å². The van der Waals surface area contributed by atoms with Crippen LogP contribution >= 0.6 is 0 Å². The van der Waals surface area contributed by atoms with Crippen LogP contribution in [0.25, 0.3) is 0 Å². The molecule has 0 aromatic heterocycles. The monoisotopic (exact) mass is 519 g/mol. The number of alkyl halides is 1. The highest BCUT2D eigenvalue weighted by Crippen LogP contribution is 2.26. The molecule has 2 aliphatic rings. The third-order valence-electron chi connectivity index (χ3n) is 5.60. The molecule has 1 atom stereocenters. The Morgan fingerprint density at radius 2 is 1.73 bits per heavy atom. The number of amides is 4. The Balaban J connectivity index is 1.98. The molecule has 2 aliphatic heterocycles. The standard InChI is InChI=1S/C23H26FN5O8/c24-10-4-7-15-12-27(26-25-15)13-17(30)19-20(33)28(11-14-5-2-1-3-6-14)23(37)29(21(19)34)16(22(35)36)8-9-18(31)32/h1-3,5-6,12,16,25-26,30H,4,7-11,13H2,(H,31,32)(H,35,36)/b19-17+/t16-/m0/s1. The molecule has 1 aromatic rings. The second kappa shape index (κ2) is 12.0. The molecule has 0 spiro atoms. The predicted octanol–water partition coefficient (Wildman–Crippen LogP) is 1.02. The summed E-state index contributed by atoms with van der Waals surface area (Å²) in [5.74, 6) is -6.25. The Morgan fingerprint density at radius 3 is 2.35 bits per heavy atom. The number of nitrogens with zero attached hydrogens (tertiary/aromatic N) is 3. The first-order valence-electron chi connectivity index (χ1n) is 11.3. The molecule has 1 saturated heterocycles. The summed E-state index contributed by atoms with van der Waals surface area (Å²) in [6.07, 6.45) is 0.814. The SMILES string of the molecule is O=C(O)CC[C@@H](C(=O)O)N1C(=O)/C(=C(/O)CN2C=C(CCCF)NN2)C(=O)N(Cc2ccccc2)C1=O. The second-order valence-electron chi connectivity index (χ2n) is 8.25. The molecule has 2 heterocycles. The fourth-order valence-corrected chi connectivity index (χ4v) is 3.81. The molecule has 14 heteroatoms. The van der Waals surface area contributed by atoms with E-state index in [1.165, 1.54) is 11.2 Å². The Bertz CT molecular complexity index is 1140. The molecule has 0 saturated carbocycles. The largest absolute Gasteiger partial charge is 0.509 e. The first-order valence-corrected chi connectivity index (χ1v) is 11.3. The van der Waals surface area contributed by atoms with E-state index in [0.717, 1.165) is 0 Å². The third kappa shape index (κ3) is 6.41. The Morgan fingerprint density at radius 1 is 1.03 bits per heavy atom. The fourth-order valence-electron chi connectivity index (χ4n) is 3.81. The summed E-state index contributed by atoms with van der Waals surface area (Å²) in [6, 6.07) is 5.07. The average molecular weight is 519 g/mol. The van der Waals surface area contributed by atoms with Crippen LogP contribution in [0.3, 0.4) is 0 Å². The summed E-state index contributed by atoms with van der Waals surface area (Å²) in [4.78, 5) is 63.7. The highest BCUT2D eigenvalue weighted by Gasteiger charge is 2.48. The number of benzene rings is 1. The van der Waals surface area contributed by atoms with Crippen molar-refractivity contribution in [1.82, 2.24) is 25.8 Å². The van der Waals surface area contributed by atoms with Crippen molar-refractivity contribution in [3.8, 4) is 0 Å². The first kappa shape index (κ1) is 27.1. The van der Waals surface area contributed by atoms with Crippen LogP contribution in [0.15, 0.2) is 53.6 Å². The van der Waals surface area contributed by atoms with Crippen molar-refractivity contribution in [2.45, 2.75) is 38.3 Å². The minimum absolute atomic E-state index is 0.247. The van der Waals surface area contributed by atoms with Crippen LogP contribution in [0.1, 0.15) is 31.2 Å². The number of barbiturate groups is 1. The molecule has 1 aromatic carbocycles. The van der Waals surface area contributed by atoms with Crippen LogP contribution in [0, 0.1) is 0 Å². The van der Waals surface area contributed by atoms with Gasteiger partial charge in [0.25, 0.3) is 11.8 Å². The van der Waals surface area contributed by atoms with Crippen molar-refractivity contribution in [2.24, 2.45) is 0 Å². The normalized spacial score (nSPS) is 18.0. The van der Waals surface area contributed by atoms with Crippen molar-refractivity contribution < 1.29 is 43.7 Å². The van der Waals surface area contributed by atoms with Crippen molar-refractivity contribution in [1.29, 1.82) is 0 Å². The number of hydrogen-bond acceptors (Lipinski definition) is 9. The number of nitrogens with one attached hydrogen (secondary N) is 2. The summed E-state index contributed by atoms with van der Waals surface area (Å²) >= 11 is 0. The molecule has 0 aliphatic carbocycles. The number of aliphatic carboxylic acids is 2. The predicted molar refractivity (Wildman–Crippen MR) is 123 cm³/mol. The number of imide groups is 2. The number of aliphatic hydroxyl groups is 1. The number of hydrazine groups is 2. The van der Waals surface area contributed by atoms with E-state index in [-0.39, 0.29) is 13.0 Å². The van der Waals surface area contributed by atoms with E-state index in [0.29, 0.717) is 27.5 Å². The Kier molecular flexibility index (Phi) is 8.79. The van der Waals surface area contributed by atoms with Crippen LogP contribution in [-0.4, -0.2) is 79.2 Å². The maximum atomic E-state index is 13.3. The third-order valence-corrected chi connectivity index (χ3v) is 5.60. The molecule has 37 heavy (non-hydrogen) atoms. The number of carbonyl (C=O) groups is 5. The number of carboxylic acid groups (broad SMARTS) is 2. The summed E-state index contributed by atoms with van der Waals surface area (Å²) in [7, 11) is 0. The highest BCUT2D eigenvalue weighted by atomic mass is 19.1. The number of halogens is 1. The number of carboxylic acids is 2. The van der Waals surface area contributed by atoms with E-state index >= 15 is 0 Å². The zero-order chi connectivity index (χ0) is 27.1. The van der Waals surface area contributed by atoms with Gasteiger partial charge in [0.15, 0.2) is 0 Å². The lowest BCUT2D eigenvalue weighted by atomic mass is 10.0. The molecular formula is C23H26FN5O8. The molecule has 0 bridgehead atoms. The summed E-state index contributed by atoms with van der Waals surface area (Å²) in [5, 5.41) is 30.8. The van der Waals surface area contributed by atoms with Gasteiger partial charge in [0.2, 0.25) is 0 Å². The molecule has 3 rings (SSSR count). The second-order valence-corrected chi connectivity index (χ2v) is 8.25. The summed E-state index contributed by atoms with van der Waals surface area (Å²) in [5.41, 5.74) is 5.65. The smallest absolute Gasteiger partial charge is 0.335 e. The number of hydrogen-bond donors (Lipinski definition) is 5. The molecule has 1 fully saturated rings. The van der Waals surface area contributed by atoms with Crippen molar-refractivity contribution in [3.63, 3.8) is 0 Å². The van der Waals surface area contributed by atoms with E-state index in [1.807, 2.05) is 0 Å². The number of urea groups is 1. The van der Waals surface area contributed by atoms with Crippen LogP contribution in [-0.2, 0) is 25.7 Å². The van der Waals surface area contributed by atoms with E-state index in [4.69, 9.17) is 5.11 Å². The molecular weight excluding hydrogens is 493 g/mol. The molecule has 0 radical (unpaired) electrons. The highest BCUT2D eigenvalue weighted by molar-refractivity contribution is 6.29. The zero-order valence-corrected chi connectivity index (χ0v) is 19.6. The van der Waals surface area contributed by atoms with Crippen LogP contribution in [0.2, 0.25) is 0 Å². The maximum absolute atomic E-state index is 13.3. The Hall–Kier alpha value is -4.46. The average Bonchev–Trinajstić information content (AvgIpc) is 3.29. The lowest BCUT2D eigenvalue weighted by molar-refractivity contribution is -0.151. The number of aliphatic hydroxyl groups excluding tert-OH is 1.